The topological polar surface area (TPSA) is 44.1 Å². The van der Waals surface area contributed by atoms with E-state index in [4.69, 9.17) is 9.72 Å². The fourth-order valence-corrected chi connectivity index (χ4v) is 5.72. The molecule has 1 aliphatic rings. The number of hydrogen-bond donors (Lipinski definition) is 0. The van der Waals surface area contributed by atoms with E-state index >= 15 is 0 Å². The first-order valence-corrected chi connectivity index (χ1v) is 11.5. The van der Waals surface area contributed by atoms with Crippen LogP contribution in [0.25, 0.3) is 15.9 Å². The number of benzene rings is 1. The minimum absolute atomic E-state index is 0.0396. The monoisotopic (exact) mass is 412 g/mol. The van der Waals surface area contributed by atoms with Gasteiger partial charge in [0, 0.05) is 10.6 Å². The molecule has 2 heterocycles. The predicted molar refractivity (Wildman–Crippen MR) is 119 cm³/mol. The molecule has 0 bridgehead atoms. The Balaban J connectivity index is 1.90. The lowest BCUT2D eigenvalue weighted by atomic mass is 9.97. The number of nitrogens with zero attached hydrogens (tertiary/aromatic N) is 2. The van der Waals surface area contributed by atoms with Crippen LogP contribution in [0.4, 0.5) is 0 Å². The van der Waals surface area contributed by atoms with Crippen LogP contribution in [-0.4, -0.2) is 21.9 Å². The molecule has 4 rings (SSSR count). The number of hydrogen-bond acceptors (Lipinski definition) is 5. The molecule has 0 unspecified atom stereocenters. The molecule has 0 N–H and O–H groups in total. The van der Waals surface area contributed by atoms with E-state index in [0.717, 1.165) is 57.4 Å². The highest BCUT2D eigenvalue weighted by molar-refractivity contribution is 7.99. The number of thiophene rings is 1. The minimum Gasteiger partial charge on any atom is -0.494 e. The summed E-state index contributed by atoms with van der Waals surface area (Å²) in [7, 11) is 0. The van der Waals surface area contributed by atoms with Crippen LogP contribution in [0.1, 0.15) is 37.1 Å². The highest BCUT2D eigenvalue weighted by atomic mass is 32.2. The first kappa shape index (κ1) is 19.3. The molecule has 0 radical (unpaired) electrons. The van der Waals surface area contributed by atoms with Gasteiger partial charge in [-0.1, -0.05) is 23.9 Å². The maximum absolute atomic E-state index is 13.6. The quantitative estimate of drug-likeness (QED) is 0.309. The van der Waals surface area contributed by atoms with E-state index in [1.165, 1.54) is 16.9 Å². The molecule has 3 aromatic rings. The van der Waals surface area contributed by atoms with Crippen LogP contribution in [0, 0.1) is 0 Å². The van der Waals surface area contributed by atoms with Crippen LogP contribution in [0.5, 0.6) is 5.75 Å². The second-order valence-electron chi connectivity index (χ2n) is 7.10. The Morgan fingerprint density at radius 3 is 2.75 bits per heavy atom. The molecule has 0 aliphatic heterocycles. The molecule has 4 nitrogen and oxygen atoms in total. The third-order valence-corrected chi connectivity index (χ3v) is 7.17. The summed E-state index contributed by atoms with van der Waals surface area (Å²) in [5, 5.41) is 1.54. The van der Waals surface area contributed by atoms with Gasteiger partial charge in [-0.25, -0.2) is 4.98 Å². The van der Waals surface area contributed by atoms with Crippen LogP contribution < -0.4 is 10.3 Å². The molecule has 0 saturated carbocycles. The van der Waals surface area contributed by atoms with Crippen molar-refractivity contribution in [3.8, 4) is 11.4 Å². The van der Waals surface area contributed by atoms with Gasteiger partial charge in [0.2, 0.25) is 0 Å². The third-order valence-electron chi connectivity index (χ3n) is 4.81. The van der Waals surface area contributed by atoms with Crippen molar-refractivity contribution < 1.29 is 4.74 Å². The molecule has 2 aromatic heterocycles. The molecule has 0 atom stereocenters. The molecule has 0 spiro atoms. The summed E-state index contributed by atoms with van der Waals surface area (Å²) in [4.78, 5) is 20.7. The lowest BCUT2D eigenvalue weighted by Crippen LogP contribution is -2.22. The molecule has 6 heteroatoms. The van der Waals surface area contributed by atoms with Gasteiger partial charge in [-0.3, -0.25) is 9.36 Å². The Labute approximate surface area is 173 Å². The standard InChI is InChI=1S/C22H24N2O2S2/c1-4-26-16-11-9-15(10-12-16)24-21(25)19-17-7-5-6-8-18(17)28-20(19)23-22(24)27-13-14(2)3/h9-12H,2,4-8,13H2,1,3H3. The van der Waals surface area contributed by atoms with Crippen LogP contribution in [0.2, 0.25) is 0 Å². The van der Waals surface area contributed by atoms with Gasteiger partial charge >= 0.3 is 0 Å². The number of aryl methyl sites for hydroxylation is 2. The average Bonchev–Trinajstić information content (AvgIpc) is 3.06. The zero-order chi connectivity index (χ0) is 19.7. The van der Waals surface area contributed by atoms with Crippen LogP contribution in [-0.2, 0) is 12.8 Å². The first-order valence-electron chi connectivity index (χ1n) is 9.66. The highest BCUT2D eigenvalue weighted by Crippen LogP contribution is 2.35. The Bertz CT molecular complexity index is 1080. The third kappa shape index (κ3) is 3.63. The molecule has 146 valence electrons. The van der Waals surface area contributed by atoms with Gasteiger partial charge < -0.3 is 4.74 Å². The van der Waals surface area contributed by atoms with Crippen LogP contribution >= 0.6 is 23.1 Å². The lowest BCUT2D eigenvalue weighted by molar-refractivity contribution is 0.340. The van der Waals surface area contributed by atoms with Crippen molar-refractivity contribution in [1.29, 1.82) is 0 Å². The molecule has 0 amide bonds. The van der Waals surface area contributed by atoms with Crippen molar-refractivity contribution in [2.75, 3.05) is 12.4 Å². The fourth-order valence-electron chi connectivity index (χ4n) is 3.56. The summed E-state index contributed by atoms with van der Waals surface area (Å²) in [5.74, 6) is 1.54. The van der Waals surface area contributed by atoms with Gasteiger partial charge in [0.05, 0.1) is 17.7 Å². The summed E-state index contributed by atoms with van der Waals surface area (Å²) in [6.07, 6.45) is 4.39. The molecular weight excluding hydrogens is 388 g/mol. The van der Waals surface area contributed by atoms with E-state index in [0.29, 0.717) is 6.61 Å². The van der Waals surface area contributed by atoms with E-state index in [1.54, 1.807) is 27.7 Å². The Hall–Kier alpha value is -2.05. The zero-order valence-electron chi connectivity index (χ0n) is 16.3. The summed E-state index contributed by atoms with van der Waals surface area (Å²) in [5.41, 5.74) is 3.14. The number of aromatic nitrogens is 2. The van der Waals surface area contributed by atoms with E-state index in [9.17, 15) is 4.79 Å². The van der Waals surface area contributed by atoms with Gasteiger partial charge in [0.15, 0.2) is 5.16 Å². The number of fused-ring (bicyclic) bond motifs is 3. The molecule has 28 heavy (non-hydrogen) atoms. The van der Waals surface area contributed by atoms with E-state index < -0.39 is 0 Å². The SMILES string of the molecule is C=C(C)CSc1nc2sc3c(c2c(=O)n1-c1ccc(OCC)cc1)CCCC3. The van der Waals surface area contributed by atoms with Crippen molar-refractivity contribution >= 4 is 33.3 Å². The summed E-state index contributed by atoms with van der Waals surface area (Å²) in [6, 6.07) is 7.69. The molecule has 0 saturated heterocycles. The van der Waals surface area contributed by atoms with E-state index in [-0.39, 0.29) is 5.56 Å². The summed E-state index contributed by atoms with van der Waals surface area (Å²) < 4.78 is 7.31. The van der Waals surface area contributed by atoms with E-state index in [1.807, 2.05) is 38.1 Å². The largest absolute Gasteiger partial charge is 0.494 e. The van der Waals surface area contributed by atoms with Crippen molar-refractivity contribution in [3.63, 3.8) is 0 Å². The van der Waals surface area contributed by atoms with Crippen LogP contribution in [0.15, 0.2) is 46.4 Å². The summed E-state index contributed by atoms with van der Waals surface area (Å²) in [6.45, 7) is 8.57. The van der Waals surface area contributed by atoms with E-state index in [2.05, 4.69) is 6.58 Å². The second kappa shape index (κ2) is 8.13. The molecular formula is C22H24N2O2S2. The number of ether oxygens (including phenoxy) is 1. The van der Waals surface area contributed by atoms with Gasteiger partial charge in [-0.05, 0) is 69.4 Å². The molecule has 1 aromatic carbocycles. The van der Waals surface area contributed by atoms with Gasteiger partial charge in [-0.15, -0.1) is 11.3 Å². The highest BCUT2D eigenvalue weighted by Gasteiger charge is 2.22. The van der Waals surface area contributed by atoms with Crippen molar-refractivity contribution in [2.24, 2.45) is 0 Å². The first-order chi connectivity index (χ1) is 13.6. The predicted octanol–water partition coefficient (Wildman–Crippen LogP) is 5.39. The van der Waals surface area contributed by atoms with Crippen molar-refractivity contribution in [1.82, 2.24) is 9.55 Å². The second-order valence-corrected chi connectivity index (χ2v) is 9.12. The van der Waals surface area contributed by atoms with Crippen molar-refractivity contribution in [2.45, 2.75) is 44.7 Å². The fraction of sp³-hybridized carbons (Fsp3) is 0.364. The number of rotatable bonds is 6. The summed E-state index contributed by atoms with van der Waals surface area (Å²) >= 11 is 3.26. The Morgan fingerprint density at radius 2 is 2.04 bits per heavy atom. The van der Waals surface area contributed by atoms with Gasteiger partial charge in [-0.2, -0.15) is 0 Å². The number of thioether (sulfide) groups is 1. The molecule has 1 aliphatic carbocycles. The zero-order valence-corrected chi connectivity index (χ0v) is 17.9. The molecule has 0 fully saturated rings. The van der Waals surface area contributed by atoms with Gasteiger partial charge in [0.1, 0.15) is 10.6 Å². The van der Waals surface area contributed by atoms with Crippen LogP contribution in [0.3, 0.4) is 0 Å². The normalized spacial score (nSPS) is 13.5. The maximum Gasteiger partial charge on any atom is 0.267 e. The smallest absolute Gasteiger partial charge is 0.267 e. The Kier molecular flexibility index (Phi) is 5.60. The lowest BCUT2D eigenvalue weighted by Gasteiger charge is -2.14. The maximum atomic E-state index is 13.6. The van der Waals surface area contributed by atoms with Gasteiger partial charge in [0.25, 0.3) is 5.56 Å². The van der Waals surface area contributed by atoms with Crippen molar-refractivity contribution in [3.05, 3.63) is 57.2 Å². The average molecular weight is 413 g/mol. The minimum atomic E-state index is 0.0396. The Morgan fingerprint density at radius 1 is 1.29 bits per heavy atom.